The van der Waals surface area contributed by atoms with Crippen molar-refractivity contribution in [3.8, 4) is 0 Å². The molecule has 0 saturated carbocycles. The van der Waals surface area contributed by atoms with E-state index in [9.17, 15) is 18.8 Å². The highest BCUT2D eigenvalue weighted by atomic mass is 19.1. The van der Waals surface area contributed by atoms with E-state index in [1.807, 2.05) is 4.90 Å². The quantitative estimate of drug-likeness (QED) is 0.509. The van der Waals surface area contributed by atoms with Gasteiger partial charge in [-0.2, -0.15) is 0 Å². The molecule has 1 aromatic heterocycles. The molecule has 4 N–H and O–H groups in total. The number of nitrogens with zero attached hydrogens (tertiary/aromatic N) is 4. The molecule has 2 saturated heterocycles. The molecule has 2 aliphatic rings. The monoisotopic (exact) mass is 460 g/mol. The number of amides is 3. The molecule has 33 heavy (non-hydrogen) atoms. The van der Waals surface area contributed by atoms with E-state index in [0.717, 1.165) is 12.8 Å². The maximum Gasteiger partial charge on any atom is 0.414 e. The van der Waals surface area contributed by atoms with Gasteiger partial charge in [0.1, 0.15) is 18.5 Å². The third-order valence-corrected chi connectivity index (χ3v) is 6.00. The van der Waals surface area contributed by atoms with E-state index in [1.54, 1.807) is 16.8 Å². The first-order valence-electron chi connectivity index (χ1n) is 10.8. The van der Waals surface area contributed by atoms with Crippen molar-refractivity contribution in [2.24, 2.45) is 11.7 Å². The summed E-state index contributed by atoms with van der Waals surface area (Å²) in [5.41, 5.74) is 6.58. The van der Waals surface area contributed by atoms with Crippen molar-refractivity contribution in [3.63, 3.8) is 0 Å². The molecule has 4 rings (SSSR count). The minimum absolute atomic E-state index is 0.208. The molecule has 2 fully saturated rings. The number of cyclic esters (lactones) is 1. The predicted octanol–water partition coefficient (Wildman–Crippen LogP) is 0.313. The predicted molar refractivity (Wildman–Crippen MR) is 115 cm³/mol. The summed E-state index contributed by atoms with van der Waals surface area (Å²) in [5.74, 6) is -0.859. The fourth-order valence-corrected chi connectivity index (χ4v) is 4.25. The molecule has 0 radical (unpaired) electrons. The van der Waals surface area contributed by atoms with Crippen LogP contribution < -0.4 is 25.5 Å². The second-order valence-corrected chi connectivity index (χ2v) is 8.34. The number of hydrogen-bond acceptors (Lipinski definition) is 6. The first-order chi connectivity index (χ1) is 15.8. The van der Waals surface area contributed by atoms with Gasteiger partial charge in [-0.25, -0.2) is 9.18 Å². The van der Waals surface area contributed by atoms with Gasteiger partial charge in [0.15, 0.2) is 0 Å². The number of H-pyrrole nitrogens is 1. The molecule has 0 spiro atoms. The minimum atomic E-state index is -0.565. The van der Waals surface area contributed by atoms with E-state index in [1.165, 1.54) is 24.1 Å². The molecule has 0 unspecified atom stereocenters. The van der Waals surface area contributed by atoms with Crippen LogP contribution in [0, 0.1) is 11.7 Å². The van der Waals surface area contributed by atoms with Gasteiger partial charge in [-0.15, -0.1) is 4.68 Å². The lowest BCUT2D eigenvalue weighted by atomic mass is 9.96. The average molecular weight is 460 g/mol. The molecular formula is C21H27FN7O4+. The highest BCUT2D eigenvalue weighted by molar-refractivity contribution is 5.90. The second kappa shape index (κ2) is 9.43. The first kappa shape index (κ1) is 22.5. The number of nitrogens with one attached hydrogen (secondary N) is 2. The molecule has 12 heteroatoms. The van der Waals surface area contributed by atoms with Crippen molar-refractivity contribution < 1.29 is 28.2 Å². The van der Waals surface area contributed by atoms with Gasteiger partial charge in [-0.1, -0.05) is 5.21 Å². The van der Waals surface area contributed by atoms with Crippen LogP contribution in [0.5, 0.6) is 0 Å². The van der Waals surface area contributed by atoms with Gasteiger partial charge in [0.25, 0.3) is 11.6 Å². The lowest BCUT2D eigenvalue weighted by molar-refractivity contribution is -0.760. The van der Waals surface area contributed by atoms with E-state index in [4.69, 9.17) is 10.5 Å². The Balaban J connectivity index is 1.35. The molecule has 11 nitrogen and oxygen atoms in total. The van der Waals surface area contributed by atoms with Gasteiger partial charge in [-0.3, -0.25) is 14.5 Å². The Bertz CT molecular complexity index is 1050. The van der Waals surface area contributed by atoms with Crippen LogP contribution in [-0.2, 0) is 16.1 Å². The van der Waals surface area contributed by atoms with Crippen molar-refractivity contribution in [1.82, 2.24) is 15.6 Å². The van der Waals surface area contributed by atoms with Gasteiger partial charge in [0.2, 0.25) is 12.1 Å². The summed E-state index contributed by atoms with van der Waals surface area (Å²) in [6.07, 6.45) is 1.99. The smallest absolute Gasteiger partial charge is 0.414 e. The number of anilines is 2. The molecule has 0 aliphatic carbocycles. The average Bonchev–Trinajstić information content (AvgIpc) is 3.39. The number of rotatable bonds is 7. The van der Waals surface area contributed by atoms with Gasteiger partial charge in [0, 0.05) is 31.0 Å². The van der Waals surface area contributed by atoms with E-state index in [2.05, 4.69) is 15.6 Å². The summed E-state index contributed by atoms with van der Waals surface area (Å²) in [7, 11) is 0. The number of carbonyl (C=O) groups is 3. The zero-order chi connectivity index (χ0) is 23.5. The largest absolute Gasteiger partial charge is 0.442 e. The third kappa shape index (κ3) is 5.04. The Hall–Kier alpha value is -3.70. The number of primary amides is 1. The van der Waals surface area contributed by atoms with Crippen LogP contribution >= 0.6 is 0 Å². The normalized spacial score (nSPS) is 19.0. The number of nitrogens with two attached hydrogens (primary N) is 1. The van der Waals surface area contributed by atoms with Crippen LogP contribution in [0.1, 0.15) is 30.3 Å². The van der Waals surface area contributed by atoms with Crippen LogP contribution in [0.3, 0.4) is 0 Å². The van der Waals surface area contributed by atoms with E-state index in [-0.39, 0.29) is 19.0 Å². The third-order valence-electron chi connectivity index (χ3n) is 6.00. The maximum atomic E-state index is 15.0. The fourth-order valence-electron chi connectivity index (χ4n) is 4.25. The topological polar surface area (TPSA) is 138 Å². The lowest BCUT2D eigenvalue weighted by Gasteiger charge is -2.33. The Kier molecular flexibility index (Phi) is 6.43. The van der Waals surface area contributed by atoms with Gasteiger partial charge < -0.3 is 20.7 Å². The van der Waals surface area contributed by atoms with Crippen molar-refractivity contribution in [2.45, 2.75) is 32.4 Å². The zero-order valence-electron chi connectivity index (χ0n) is 18.3. The highest BCUT2D eigenvalue weighted by Crippen LogP contribution is 2.30. The number of halogens is 1. The van der Waals surface area contributed by atoms with E-state index >= 15 is 0 Å². The summed E-state index contributed by atoms with van der Waals surface area (Å²) < 4.78 is 21.9. The molecule has 1 aromatic carbocycles. The van der Waals surface area contributed by atoms with Crippen molar-refractivity contribution in [3.05, 3.63) is 35.9 Å². The SMILES string of the molecule is CC(=O)NC[C@H]1CN(c2ccc(N3CCC(C[n+]4[nH]ncc4C(N)=O)CC3)c(F)c2)C(=O)O1. The molecule has 2 aliphatic heterocycles. The van der Waals surface area contributed by atoms with Crippen LogP contribution in [0.4, 0.5) is 20.6 Å². The van der Waals surface area contributed by atoms with Gasteiger partial charge in [0.05, 0.1) is 24.5 Å². The lowest BCUT2D eigenvalue weighted by Crippen LogP contribution is -2.48. The Morgan fingerprint density at radius 3 is 2.79 bits per heavy atom. The minimum Gasteiger partial charge on any atom is -0.442 e. The standard InChI is InChI=1S/C21H26FN7O4/c1-13(30)24-9-16-12-28(21(32)33-16)15-2-3-18(17(22)8-15)27-6-4-14(5-7-27)11-29-19(20(23)31)10-25-26-29/h2-3,8,10,14,16H,4-7,9,11-12H2,1H3,(H3,23,24,30,31)/p+1/t16-/m0/s1. The number of aromatic amines is 1. The summed E-state index contributed by atoms with van der Waals surface area (Å²) >= 11 is 0. The Morgan fingerprint density at radius 2 is 2.12 bits per heavy atom. The van der Waals surface area contributed by atoms with Crippen LogP contribution in [-0.4, -0.2) is 60.5 Å². The summed E-state index contributed by atoms with van der Waals surface area (Å²) in [6.45, 7) is 3.75. The number of ether oxygens (including phenoxy) is 1. The van der Waals surface area contributed by atoms with Crippen LogP contribution in [0.25, 0.3) is 0 Å². The maximum absolute atomic E-state index is 15.0. The Morgan fingerprint density at radius 1 is 1.36 bits per heavy atom. The van der Waals surface area contributed by atoms with Crippen LogP contribution in [0.2, 0.25) is 0 Å². The molecule has 1 atom stereocenters. The molecule has 176 valence electrons. The Labute approximate surface area is 189 Å². The van der Waals surface area contributed by atoms with Crippen molar-refractivity contribution >= 4 is 29.3 Å². The molecule has 2 aromatic rings. The highest BCUT2D eigenvalue weighted by Gasteiger charge is 2.33. The number of benzene rings is 1. The first-order valence-corrected chi connectivity index (χ1v) is 10.8. The molecule has 3 heterocycles. The van der Waals surface area contributed by atoms with Gasteiger partial charge in [-0.05, 0) is 31.0 Å². The van der Waals surface area contributed by atoms with Gasteiger partial charge >= 0.3 is 6.09 Å². The van der Waals surface area contributed by atoms with Crippen molar-refractivity contribution in [2.75, 3.05) is 36.0 Å². The molecule has 0 bridgehead atoms. The fraction of sp³-hybridized carbons (Fsp3) is 0.476. The number of carbonyl (C=O) groups excluding carboxylic acids is 3. The molecule has 3 amide bonds. The number of aromatic nitrogens is 3. The summed E-state index contributed by atoms with van der Waals surface area (Å²) in [6, 6.07) is 4.71. The van der Waals surface area contributed by atoms with E-state index < -0.39 is 23.9 Å². The number of piperidine rings is 1. The van der Waals surface area contributed by atoms with E-state index in [0.29, 0.717) is 42.6 Å². The van der Waals surface area contributed by atoms with Crippen molar-refractivity contribution in [1.29, 1.82) is 0 Å². The summed E-state index contributed by atoms with van der Waals surface area (Å²) in [5, 5.41) is 9.26. The molecular weight excluding hydrogens is 433 g/mol. The van der Waals surface area contributed by atoms with Crippen LogP contribution in [0.15, 0.2) is 24.4 Å². The number of hydrogen-bond donors (Lipinski definition) is 3. The second-order valence-electron chi connectivity index (χ2n) is 8.34. The zero-order valence-corrected chi connectivity index (χ0v) is 18.3. The summed E-state index contributed by atoms with van der Waals surface area (Å²) in [4.78, 5) is 38.0.